The molecule has 1 aromatic carbocycles. The number of halogens is 2. The van der Waals surface area contributed by atoms with E-state index in [1.807, 2.05) is 6.92 Å². The van der Waals surface area contributed by atoms with E-state index in [2.05, 4.69) is 5.32 Å². The average Bonchev–Trinajstić information content (AvgIpc) is 2.24. The molecule has 1 atom stereocenters. The number of benzene rings is 1. The Kier molecular flexibility index (Phi) is 4.38. The SMILES string of the molecule is CCCNC(C)(CO)c1cc(F)cc(F)c1. The lowest BCUT2D eigenvalue weighted by Gasteiger charge is -2.29. The van der Waals surface area contributed by atoms with Gasteiger partial charge in [-0.15, -0.1) is 0 Å². The molecule has 0 radical (unpaired) electrons. The summed E-state index contributed by atoms with van der Waals surface area (Å²) in [7, 11) is 0. The van der Waals surface area contributed by atoms with Crippen LogP contribution in [-0.2, 0) is 5.54 Å². The molecule has 0 bridgehead atoms. The van der Waals surface area contributed by atoms with Crippen molar-refractivity contribution in [1.82, 2.24) is 5.32 Å². The third kappa shape index (κ3) is 3.00. The molecular formula is C12H17F2NO. The summed E-state index contributed by atoms with van der Waals surface area (Å²) in [6.07, 6.45) is 0.882. The highest BCUT2D eigenvalue weighted by atomic mass is 19.1. The monoisotopic (exact) mass is 229 g/mol. The highest BCUT2D eigenvalue weighted by Crippen LogP contribution is 2.22. The summed E-state index contributed by atoms with van der Waals surface area (Å²) in [5.41, 5.74) is -0.389. The minimum Gasteiger partial charge on any atom is -0.394 e. The van der Waals surface area contributed by atoms with Gasteiger partial charge in [0.2, 0.25) is 0 Å². The lowest BCUT2D eigenvalue weighted by molar-refractivity contribution is 0.175. The van der Waals surface area contributed by atoms with Gasteiger partial charge < -0.3 is 10.4 Å². The molecule has 0 aromatic heterocycles. The third-order valence-corrected chi connectivity index (χ3v) is 2.58. The molecule has 0 aliphatic rings. The topological polar surface area (TPSA) is 32.3 Å². The van der Waals surface area contributed by atoms with Crippen LogP contribution in [0.1, 0.15) is 25.8 Å². The maximum atomic E-state index is 13.1. The maximum Gasteiger partial charge on any atom is 0.126 e. The van der Waals surface area contributed by atoms with E-state index in [0.29, 0.717) is 12.1 Å². The molecule has 1 unspecified atom stereocenters. The van der Waals surface area contributed by atoms with Crippen molar-refractivity contribution in [1.29, 1.82) is 0 Å². The molecule has 16 heavy (non-hydrogen) atoms. The van der Waals surface area contributed by atoms with Crippen molar-refractivity contribution in [2.24, 2.45) is 0 Å². The zero-order chi connectivity index (χ0) is 12.2. The lowest BCUT2D eigenvalue weighted by Crippen LogP contribution is -2.43. The van der Waals surface area contributed by atoms with E-state index < -0.39 is 17.2 Å². The Morgan fingerprint density at radius 3 is 2.25 bits per heavy atom. The van der Waals surface area contributed by atoms with Crippen molar-refractivity contribution in [2.75, 3.05) is 13.2 Å². The normalized spacial score (nSPS) is 14.8. The zero-order valence-corrected chi connectivity index (χ0v) is 9.56. The van der Waals surface area contributed by atoms with Gasteiger partial charge >= 0.3 is 0 Å². The first-order valence-corrected chi connectivity index (χ1v) is 5.34. The first-order chi connectivity index (χ1) is 7.51. The van der Waals surface area contributed by atoms with Crippen LogP contribution in [0.4, 0.5) is 8.78 Å². The van der Waals surface area contributed by atoms with Crippen LogP contribution >= 0.6 is 0 Å². The molecule has 1 aromatic rings. The summed E-state index contributed by atoms with van der Waals surface area (Å²) in [6, 6.07) is 3.30. The van der Waals surface area contributed by atoms with Gasteiger partial charge in [-0.1, -0.05) is 6.92 Å². The quantitative estimate of drug-likeness (QED) is 0.811. The van der Waals surface area contributed by atoms with Crippen LogP contribution in [-0.4, -0.2) is 18.3 Å². The highest BCUT2D eigenvalue weighted by Gasteiger charge is 2.25. The van der Waals surface area contributed by atoms with Crippen molar-refractivity contribution in [2.45, 2.75) is 25.8 Å². The number of aliphatic hydroxyl groups is 1. The summed E-state index contributed by atoms with van der Waals surface area (Å²) >= 11 is 0. The van der Waals surface area contributed by atoms with Gasteiger partial charge in [0.05, 0.1) is 12.1 Å². The van der Waals surface area contributed by atoms with Crippen LogP contribution in [0.5, 0.6) is 0 Å². The highest BCUT2D eigenvalue weighted by molar-refractivity contribution is 5.25. The van der Waals surface area contributed by atoms with E-state index >= 15 is 0 Å². The fourth-order valence-electron chi connectivity index (χ4n) is 1.52. The summed E-state index contributed by atoms with van der Waals surface area (Å²) in [4.78, 5) is 0. The molecule has 0 spiro atoms. The van der Waals surface area contributed by atoms with Crippen LogP contribution in [0, 0.1) is 11.6 Å². The standard InChI is InChI=1S/C12H17F2NO/c1-3-4-15-12(2,8-16)9-5-10(13)7-11(14)6-9/h5-7,15-16H,3-4,8H2,1-2H3. The van der Waals surface area contributed by atoms with Gasteiger partial charge in [0.1, 0.15) is 11.6 Å². The van der Waals surface area contributed by atoms with E-state index in [9.17, 15) is 13.9 Å². The van der Waals surface area contributed by atoms with Gasteiger partial charge in [-0.05, 0) is 37.6 Å². The number of nitrogens with one attached hydrogen (secondary N) is 1. The van der Waals surface area contributed by atoms with Crippen LogP contribution in [0.3, 0.4) is 0 Å². The van der Waals surface area contributed by atoms with Crippen LogP contribution in [0.25, 0.3) is 0 Å². The van der Waals surface area contributed by atoms with Crippen LogP contribution in [0.2, 0.25) is 0 Å². The van der Waals surface area contributed by atoms with Gasteiger partial charge in [0.25, 0.3) is 0 Å². The number of hydrogen-bond donors (Lipinski definition) is 2. The Hall–Kier alpha value is -1.00. The van der Waals surface area contributed by atoms with Gasteiger partial charge in [-0.2, -0.15) is 0 Å². The molecule has 0 heterocycles. The van der Waals surface area contributed by atoms with E-state index in [1.54, 1.807) is 6.92 Å². The fraction of sp³-hybridized carbons (Fsp3) is 0.500. The van der Waals surface area contributed by atoms with Gasteiger partial charge in [0, 0.05) is 6.07 Å². The summed E-state index contributed by atoms with van der Waals surface area (Å²) in [5, 5.41) is 12.4. The van der Waals surface area contributed by atoms with E-state index in [4.69, 9.17) is 0 Å². The molecule has 0 saturated carbocycles. The molecule has 0 fully saturated rings. The first kappa shape index (κ1) is 13.1. The van der Waals surface area contributed by atoms with Gasteiger partial charge in [0.15, 0.2) is 0 Å². The predicted molar refractivity (Wildman–Crippen MR) is 59.1 cm³/mol. The van der Waals surface area contributed by atoms with Crippen molar-refractivity contribution in [3.05, 3.63) is 35.4 Å². The summed E-state index contributed by atoms with van der Waals surface area (Å²) < 4.78 is 26.1. The van der Waals surface area contributed by atoms with Crippen molar-refractivity contribution in [3.8, 4) is 0 Å². The van der Waals surface area contributed by atoms with Crippen molar-refractivity contribution in [3.63, 3.8) is 0 Å². The van der Waals surface area contributed by atoms with Crippen LogP contribution < -0.4 is 5.32 Å². The number of aliphatic hydroxyl groups excluding tert-OH is 1. The lowest BCUT2D eigenvalue weighted by atomic mass is 9.92. The Morgan fingerprint density at radius 2 is 1.81 bits per heavy atom. The molecule has 4 heteroatoms. The Morgan fingerprint density at radius 1 is 1.25 bits per heavy atom. The molecular weight excluding hydrogens is 212 g/mol. The molecule has 0 aliphatic carbocycles. The largest absolute Gasteiger partial charge is 0.394 e. The molecule has 0 saturated heterocycles. The van der Waals surface area contributed by atoms with Crippen LogP contribution in [0.15, 0.2) is 18.2 Å². The number of rotatable bonds is 5. The Balaban J connectivity index is 3.01. The smallest absolute Gasteiger partial charge is 0.126 e. The third-order valence-electron chi connectivity index (χ3n) is 2.58. The maximum absolute atomic E-state index is 13.1. The second-order valence-corrected chi connectivity index (χ2v) is 4.08. The molecule has 2 N–H and O–H groups in total. The molecule has 1 rings (SSSR count). The molecule has 2 nitrogen and oxygen atoms in total. The Labute approximate surface area is 94.3 Å². The van der Waals surface area contributed by atoms with Crippen molar-refractivity contribution < 1.29 is 13.9 Å². The molecule has 0 amide bonds. The summed E-state index contributed by atoms with van der Waals surface area (Å²) in [5.74, 6) is -1.26. The van der Waals surface area contributed by atoms with E-state index in [1.165, 1.54) is 12.1 Å². The number of hydrogen-bond acceptors (Lipinski definition) is 2. The molecule has 0 aliphatic heterocycles. The molecule has 90 valence electrons. The average molecular weight is 229 g/mol. The minimum atomic E-state index is -0.807. The Bertz CT molecular complexity index is 337. The minimum absolute atomic E-state index is 0.212. The zero-order valence-electron chi connectivity index (χ0n) is 9.56. The van der Waals surface area contributed by atoms with Gasteiger partial charge in [-0.25, -0.2) is 8.78 Å². The van der Waals surface area contributed by atoms with Gasteiger partial charge in [-0.3, -0.25) is 0 Å². The first-order valence-electron chi connectivity index (χ1n) is 5.34. The second kappa shape index (κ2) is 5.37. The van der Waals surface area contributed by atoms with Crippen molar-refractivity contribution >= 4 is 0 Å². The predicted octanol–water partition coefficient (Wildman–Crippen LogP) is 2.17. The second-order valence-electron chi connectivity index (χ2n) is 4.08. The van der Waals surface area contributed by atoms with E-state index in [0.717, 1.165) is 12.5 Å². The fourth-order valence-corrected chi connectivity index (χ4v) is 1.52. The summed E-state index contributed by atoms with van der Waals surface area (Å²) in [6.45, 7) is 4.17. The van der Waals surface area contributed by atoms with E-state index in [-0.39, 0.29) is 6.61 Å².